The minimum atomic E-state index is 0.669. The fourth-order valence-corrected chi connectivity index (χ4v) is 2.13. The van der Waals surface area contributed by atoms with Gasteiger partial charge < -0.3 is 10.1 Å². The number of hydrogen-bond donors (Lipinski definition) is 1. The van der Waals surface area contributed by atoms with E-state index in [0.29, 0.717) is 12.6 Å². The monoisotopic (exact) mass is 223 g/mol. The fraction of sp³-hybridized carbons (Fsp3) is 0.750. The molecule has 1 aromatic heterocycles. The van der Waals surface area contributed by atoms with Crippen LogP contribution in [-0.4, -0.2) is 29.0 Å². The molecular weight excluding hydrogens is 202 g/mol. The van der Waals surface area contributed by atoms with Gasteiger partial charge in [0.1, 0.15) is 0 Å². The zero-order valence-electron chi connectivity index (χ0n) is 9.98. The normalized spacial score (nSPS) is 21.2. The van der Waals surface area contributed by atoms with Gasteiger partial charge in [-0.1, -0.05) is 6.42 Å². The summed E-state index contributed by atoms with van der Waals surface area (Å²) in [5.41, 5.74) is 1.15. The molecule has 0 aromatic carbocycles. The van der Waals surface area contributed by atoms with Gasteiger partial charge in [-0.15, -0.1) is 0 Å². The molecule has 4 nitrogen and oxygen atoms in total. The molecule has 1 fully saturated rings. The van der Waals surface area contributed by atoms with E-state index in [1.165, 1.54) is 25.8 Å². The van der Waals surface area contributed by atoms with E-state index in [1.807, 2.05) is 19.4 Å². The van der Waals surface area contributed by atoms with Crippen molar-refractivity contribution in [3.05, 3.63) is 18.0 Å². The highest BCUT2D eigenvalue weighted by molar-refractivity contribution is 5.01. The van der Waals surface area contributed by atoms with Gasteiger partial charge in [0.2, 0.25) is 0 Å². The average Bonchev–Trinajstić information content (AvgIpc) is 2.72. The summed E-state index contributed by atoms with van der Waals surface area (Å²) in [7, 11) is 1.93. The molecule has 1 saturated heterocycles. The van der Waals surface area contributed by atoms with E-state index in [0.717, 1.165) is 18.6 Å². The van der Waals surface area contributed by atoms with Crippen molar-refractivity contribution in [2.75, 3.05) is 13.2 Å². The Morgan fingerprint density at radius 1 is 1.56 bits per heavy atom. The van der Waals surface area contributed by atoms with Crippen LogP contribution in [0.5, 0.6) is 0 Å². The first-order chi connectivity index (χ1) is 7.84. The number of nitrogens with zero attached hydrogens (tertiary/aromatic N) is 2. The Kier molecular flexibility index (Phi) is 4.36. The molecule has 0 bridgehead atoms. The van der Waals surface area contributed by atoms with Crippen molar-refractivity contribution in [2.24, 2.45) is 7.05 Å². The van der Waals surface area contributed by atoms with E-state index in [-0.39, 0.29) is 0 Å². The lowest BCUT2D eigenvalue weighted by atomic mass is 10.0. The summed E-state index contributed by atoms with van der Waals surface area (Å²) in [6.07, 6.45) is 8.97. The quantitative estimate of drug-likeness (QED) is 0.768. The van der Waals surface area contributed by atoms with Crippen molar-refractivity contribution < 1.29 is 4.74 Å². The summed E-state index contributed by atoms with van der Waals surface area (Å²) in [4.78, 5) is 0. The first kappa shape index (κ1) is 11.6. The number of hydrogen-bond acceptors (Lipinski definition) is 3. The molecule has 4 heteroatoms. The third kappa shape index (κ3) is 3.61. The van der Waals surface area contributed by atoms with Gasteiger partial charge in [-0.05, 0) is 25.8 Å². The fourth-order valence-electron chi connectivity index (χ4n) is 2.13. The van der Waals surface area contributed by atoms with Crippen LogP contribution in [0.25, 0.3) is 0 Å². The molecule has 1 atom stereocenters. The molecule has 1 aliphatic rings. The van der Waals surface area contributed by atoms with Gasteiger partial charge in [0.25, 0.3) is 0 Å². The van der Waals surface area contributed by atoms with Gasteiger partial charge in [0, 0.05) is 31.5 Å². The van der Waals surface area contributed by atoms with Gasteiger partial charge in [-0.2, -0.15) is 5.10 Å². The van der Waals surface area contributed by atoms with Gasteiger partial charge >= 0.3 is 0 Å². The van der Waals surface area contributed by atoms with E-state index >= 15 is 0 Å². The van der Waals surface area contributed by atoms with Crippen molar-refractivity contribution >= 4 is 0 Å². The van der Waals surface area contributed by atoms with Crippen LogP contribution in [0.15, 0.2) is 12.4 Å². The Balaban J connectivity index is 1.57. The van der Waals surface area contributed by atoms with Crippen LogP contribution in [-0.2, 0) is 18.4 Å². The second kappa shape index (κ2) is 6.01. The van der Waals surface area contributed by atoms with Crippen LogP contribution in [0, 0.1) is 0 Å². The third-order valence-electron chi connectivity index (χ3n) is 3.05. The third-order valence-corrected chi connectivity index (χ3v) is 3.05. The number of aryl methyl sites for hydroxylation is 1. The van der Waals surface area contributed by atoms with Gasteiger partial charge in [0.15, 0.2) is 0 Å². The largest absolute Gasteiger partial charge is 0.377 e. The second-order valence-electron chi connectivity index (χ2n) is 4.51. The predicted molar refractivity (Wildman–Crippen MR) is 63.1 cm³/mol. The van der Waals surface area contributed by atoms with Gasteiger partial charge in [-0.25, -0.2) is 0 Å². The standard InChI is InChI=1S/C12H21N3O/c1-15-9-11(8-14-15)10-16-7-5-12-4-2-3-6-13-12/h8-9,12-13H,2-7,10H2,1H3. The molecule has 1 unspecified atom stereocenters. The molecule has 0 spiro atoms. The summed E-state index contributed by atoms with van der Waals surface area (Å²) in [6.45, 7) is 2.69. The maximum atomic E-state index is 5.64. The van der Waals surface area contributed by atoms with Crippen LogP contribution >= 0.6 is 0 Å². The minimum Gasteiger partial charge on any atom is -0.377 e. The van der Waals surface area contributed by atoms with E-state index < -0.39 is 0 Å². The van der Waals surface area contributed by atoms with Crippen molar-refractivity contribution in [3.63, 3.8) is 0 Å². The Morgan fingerprint density at radius 2 is 2.50 bits per heavy atom. The lowest BCUT2D eigenvalue weighted by Crippen LogP contribution is -2.34. The molecule has 0 saturated carbocycles. The summed E-state index contributed by atoms with van der Waals surface area (Å²) in [5.74, 6) is 0. The molecule has 0 amide bonds. The van der Waals surface area contributed by atoms with Crippen molar-refractivity contribution in [3.8, 4) is 0 Å². The Labute approximate surface area is 97.0 Å². The molecule has 2 rings (SSSR count). The molecule has 0 aliphatic carbocycles. The Bertz CT molecular complexity index is 305. The number of aromatic nitrogens is 2. The van der Waals surface area contributed by atoms with Crippen LogP contribution in [0.1, 0.15) is 31.2 Å². The maximum Gasteiger partial charge on any atom is 0.0747 e. The molecule has 1 aromatic rings. The van der Waals surface area contributed by atoms with E-state index in [2.05, 4.69) is 10.4 Å². The van der Waals surface area contributed by atoms with Gasteiger partial charge in [0.05, 0.1) is 12.8 Å². The molecule has 90 valence electrons. The molecule has 16 heavy (non-hydrogen) atoms. The van der Waals surface area contributed by atoms with E-state index in [1.54, 1.807) is 4.68 Å². The van der Waals surface area contributed by atoms with E-state index in [9.17, 15) is 0 Å². The molecule has 1 N–H and O–H groups in total. The number of ether oxygens (including phenoxy) is 1. The first-order valence-corrected chi connectivity index (χ1v) is 6.13. The van der Waals surface area contributed by atoms with Crippen LogP contribution in [0.3, 0.4) is 0 Å². The minimum absolute atomic E-state index is 0.669. The predicted octanol–water partition coefficient (Wildman–Crippen LogP) is 1.47. The van der Waals surface area contributed by atoms with Gasteiger partial charge in [-0.3, -0.25) is 4.68 Å². The molecular formula is C12H21N3O. The number of piperidine rings is 1. The topological polar surface area (TPSA) is 39.1 Å². The number of rotatable bonds is 5. The Morgan fingerprint density at radius 3 is 3.19 bits per heavy atom. The summed E-state index contributed by atoms with van der Waals surface area (Å²) < 4.78 is 7.45. The number of nitrogens with one attached hydrogen (secondary N) is 1. The lowest BCUT2D eigenvalue weighted by molar-refractivity contribution is 0.108. The first-order valence-electron chi connectivity index (χ1n) is 6.13. The molecule has 2 heterocycles. The molecule has 0 radical (unpaired) electrons. The average molecular weight is 223 g/mol. The highest BCUT2D eigenvalue weighted by atomic mass is 16.5. The lowest BCUT2D eigenvalue weighted by Gasteiger charge is -2.23. The SMILES string of the molecule is Cn1cc(COCCC2CCCCN2)cn1. The zero-order chi connectivity index (χ0) is 11.2. The van der Waals surface area contributed by atoms with Crippen molar-refractivity contribution in [1.29, 1.82) is 0 Å². The summed E-state index contributed by atoms with van der Waals surface area (Å²) in [6, 6.07) is 0.669. The smallest absolute Gasteiger partial charge is 0.0747 e. The summed E-state index contributed by atoms with van der Waals surface area (Å²) in [5, 5.41) is 7.63. The van der Waals surface area contributed by atoms with Crippen LogP contribution in [0.2, 0.25) is 0 Å². The maximum absolute atomic E-state index is 5.64. The highest BCUT2D eigenvalue weighted by Gasteiger charge is 2.11. The van der Waals surface area contributed by atoms with Crippen molar-refractivity contribution in [2.45, 2.75) is 38.3 Å². The summed E-state index contributed by atoms with van der Waals surface area (Å²) >= 11 is 0. The highest BCUT2D eigenvalue weighted by Crippen LogP contribution is 2.10. The Hall–Kier alpha value is -0.870. The van der Waals surface area contributed by atoms with E-state index in [4.69, 9.17) is 4.74 Å². The van der Waals surface area contributed by atoms with Crippen LogP contribution in [0.4, 0.5) is 0 Å². The van der Waals surface area contributed by atoms with Crippen molar-refractivity contribution in [1.82, 2.24) is 15.1 Å². The zero-order valence-corrected chi connectivity index (χ0v) is 9.98. The molecule has 1 aliphatic heterocycles. The van der Waals surface area contributed by atoms with Crippen LogP contribution < -0.4 is 5.32 Å². The second-order valence-corrected chi connectivity index (χ2v) is 4.51.